The highest BCUT2D eigenvalue weighted by Crippen LogP contribution is 2.35. The zero-order valence-electron chi connectivity index (χ0n) is 13.3. The molecule has 0 bridgehead atoms. The van der Waals surface area contributed by atoms with Gasteiger partial charge in [0, 0.05) is 17.9 Å². The number of carbonyl (C=O) groups is 1. The van der Waals surface area contributed by atoms with Crippen molar-refractivity contribution in [2.75, 3.05) is 5.32 Å². The van der Waals surface area contributed by atoms with Gasteiger partial charge in [-0.2, -0.15) is 13.2 Å². The number of para-hydroxylation sites is 1. The van der Waals surface area contributed by atoms with Gasteiger partial charge >= 0.3 is 6.18 Å². The standard InChI is InChI=1S/C17H18F3N3O/c1-3-11(2)22-16(24)15-10-12(8-9-21-15)23-14-7-5-4-6-13(14)17(18,19)20/h4-11H,3H2,1-2H3,(H,21,23)(H,22,24). The van der Waals surface area contributed by atoms with Crippen molar-refractivity contribution in [3.8, 4) is 0 Å². The topological polar surface area (TPSA) is 54.0 Å². The van der Waals surface area contributed by atoms with Crippen LogP contribution in [0.3, 0.4) is 0 Å². The quantitative estimate of drug-likeness (QED) is 0.852. The van der Waals surface area contributed by atoms with E-state index in [4.69, 9.17) is 0 Å². The van der Waals surface area contributed by atoms with Gasteiger partial charge in [0.25, 0.3) is 5.91 Å². The summed E-state index contributed by atoms with van der Waals surface area (Å²) in [7, 11) is 0. The lowest BCUT2D eigenvalue weighted by Crippen LogP contribution is -2.32. The van der Waals surface area contributed by atoms with E-state index in [1.165, 1.54) is 36.5 Å². The van der Waals surface area contributed by atoms with Crippen LogP contribution in [0.25, 0.3) is 0 Å². The Labute approximate surface area is 138 Å². The summed E-state index contributed by atoms with van der Waals surface area (Å²) in [4.78, 5) is 16.0. The van der Waals surface area contributed by atoms with Crippen molar-refractivity contribution < 1.29 is 18.0 Å². The highest BCUT2D eigenvalue weighted by atomic mass is 19.4. The molecule has 0 spiro atoms. The smallest absolute Gasteiger partial charge is 0.355 e. The van der Waals surface area contributed by atoms with Gasteiger partial charge in [-0.1, -0.05) is 19.1 Å². The molecule has 0 fully saturated rings. The van der Waals surface area contributed by atoms with Crippen LogP contribution in [0.1, 0.15) is 36.3 Å². The van der Waals surface area contributed by atoms with Gasteiger partial charge in [0.15, 0.2) is 0 Å². The first kappa shape index (κ1) is 17.8. The van der Waals surface area contributed by atoms with Crippen LogP contribution >= 0.6 is 0 Å². The lowest BCUT2D eigenvalue weighted by atomic mass is 10.1. The van der Waals surface area contributed by atoms with E-state index in [-0.39, 0.29) is 23.3 Å². The van der Waals surface area contributed by atoms with Gasteiger partial charge in [-0.15, -0.1) is 0 Å². The summed E-state index contributed by atoms with van der Waals surface area (Å²) in [6.07, 6.45) is -2.32. The van der Waals surface area contributed by atoms with Gasteiger partial charge in [-0.05, 0) is 37.6 Å². The number of rotatable bonds is 5. The van der Waals surface area contributed by atoms with Crippen molar-refractivity contribution >= 4 is 17.3 Å². The zero-order chi connectivity index (χ0) is 17.7. The summed E-state index contributed by atoms with van der Waals surface area (Å²) < 4.78 is 39.1. The van der Waals surface area contributed by atoms with Gasteiger partial charge < -0.3 is 10.6 Å². The maximum Gasteiger partial charge on any atom is 0.418 e. The van der Waals surface area contributed by atoms with Crippen LogP contribution in [-0.2, 0) is 6.18 Å². The minimum Gasteiger partial charge on any atom is -0.355 e. The first-order valence-corrected chi connectivity index (χ1v) is 7.51. The Morgan fingerprint density at radius 3 is 2.62 bits per heavy atom. The molecule has 0 aliphatic rings. The molecule has 7 heteroatoms. The Balaban J connectivity index is 2.23. The van der Waals surface area contributed by atoms with Gasteiger partial charge in [-0.3, -0.25) is 9.78 Å². The monoisotopic (exact) mass is 337 g/mol. The molecule has 128 valence electrons. The number of nitrogens with zero attached hydrogens (tertiary/aromatic N) is 1. The first-order chi connectivity index (χ1) is 11.3. The summed E-state index contributed by atoms with van der Waals surface area (Å²) in [5, 5.41) is 5.46. The average Bonchev–Trinajstić information content (AvgIpc) is 2.54. The third-order valence-corrected chi connectivity index (χ3v) is 3.49. The number of benzene rings is 1. The number of carbonyl (C=O) groups excluding carboxylic acids is 1. The Hall–Kier alpha value is -2.57. The molecule has 2 aromatic rings. The number of amides is 1. The number of pyridine rings is 1. The Kier molecular flexibility index (Phi) is 5.43. The van der Waals surface area contributed by atoms with Crippen LogP contribution in [0.2, 0.25) is 0 Å². The molecule has 1 atom stereocenters. The molecule has 1 aromatic carbocycles. The van der Waals surface area contributed by atoms with E-state index in [0.29, 0.717) is 5.69 Å². The third-order valence-electron chi connectivity index (χ3n) is 3.49. The second-order valence-corrected chi connectivity index (χ2v) is 5.38. The molecule has 0 radical (unpaired) electrons. The van der Waals surface area contributed by atoms with Crippen molar-refractivity contribution in [3.05, 3.63) is 53.9 Å². The predicted molar refractivity (Wildman–Crippen MR) is 86.2 cm³/mol. The number of hydrogen-bond donors (Lipinski definition) is 2. The van der Waals surface area contributed by atoms with E-state index in [9.17, 15) is 18.0 Å². The third kappa shape index (κ3) is 4.47. The van der Waals surface area contributed by atoms with Crippen LogP contribution < -0.4 is 10.6 Å². The Bertz CT molecular complexity index is 716. The Morgan fingerprint density at radius 2 is 1.96 bits per heavy atom. The predicted octanol–water partition coefficient (Wildman–Crippen LogP) is 4.37. The van der Waals surface area contributed by atoms with Crippen LogP contribution in [0.5, 0.6) is 0 Å². The minimum absolute atomic E-state index is 0.0122. The van der Waals surface area contributed by atoms with Crippen molar-refractivity contribution in [2.24, 2.45) is 0 Å². The SMILES string of the molecule is CCC(C)NC(=O)c1cc(Nc2ccccc2C(F)(F)F)ccn1. The normalized spacial score (nSPS) is 12.5. The molecule has 0 saturated heterocycles. The molecule has 2 N–H and O–H groups in total. The molecule has 1 unspecified atom stereocenters. The average molecular weight is 337 g/mol. The van der Waals surface area contributed by atoms with Gasteiger partial charge in [0.2, 0.25) is 0 Å². The molecular formula is C17H18F3N3O. The maximum atomic E-state index is 13.0. The van der Waals surface area contributed by atoms with E-state index in [1.54, 1.807) is 0 Å². The minimum atomic E-state index is -4.46. The van der Waals surface area contributed by atoms with Gasteiger partial charge in [0.05, 0.1) is 11.3 Å². The summed E-state index contributed by atoms with van der Waals surface area (Å²) in [6, 6.07) is 8.09. The maximum absolute atomic E-state index is 13.0. The molecule has 4 nitrogen and oxygen atoms in total. The van der Waals surface area contributed by atoms with Gasteiger partial charge in [0.1, 0.15) is 5.69 Å². The number of hydrogen-bond acceptors (Lipinski definition) is 3. The van der Waals surface area contributed by atoms with E-state index < -0.39 is 11.7 Å². The fraction of sp³-hybridized carbons (Fsp3) is 0.294. The fourth-order valence-corrected chi connectivity index (χ4v) is 2.03. The van der Waals surface area contributed by atoms with E-state index >= 15 is 0 Å². The summed E-state index contributed by atoms with van der Waals surface area (Å²) in [5.74, 6) is -0.364. The number of alkyl halides is 3. The fourth-order valence-electron chi connectivity index (χ4n) is 2.03. The molecule has 1 aromatic heterocycles. The first-order valence-electron chi connectivity index (χ1n) is 7.51. The van der Waals surface area contributed by atoms with Crippen LogP contribution in [0, 0.1) is 0 Å². The second-order valence-electron chi connectivity index (χ2n) is 5.38. The van der Waals surface area contributed by atoms with Crippen LogP contribution in [0.15, 0.2) is 42.6 Å². The van der Waals surface area contributed by atoms with Crippen molar-refractivity contribution in [2.45, 2.75) is 32.5 Å². The molecule has 0 aliphatic carbocycles. The number of halogens is 3. The molecule has 1 heterocycles. The van der Waals surface area contributed by atoms with Crippen molar-refractivity contribution in [3.63, 3.8) is 0 Å². The molecular weight excluding hydrogens is 319 g/mol. The number of aromatic nitrogens is 1. The van der Waals surface area contributed by atoms with Crippen LogP contribution in [0.4, 0.5) is 24.5 Å². The van der Waals surface area contributed by atoms with E-state index in [0.717, 1.165) is 12.5 Å². The summed E-state index contributed by atoms with van der Waals surface area (Å²) >= 11 is 0. The number of nitrogens with one attached hydrogen (secondary N) is 2. The second kappa shape index (κ2) is 7.33. The molecule has 0 saturated carbocycles. The highest BCUT2D eigenvalue weighted by Gasteiger charge is 2.33. The van der Waals surface area contributed by atoms with Crippen LogP contribution in [-0.4, -0.2) is 16.9 Å². The molecule has 1 amide bonds. The summed E-state index contributed by atoms with van der Waals surface area (Å²) in [6.45, 7) is 3.80. The zero-order valence-corrected chi connectivity index (χ0v) is 13.3. The lowest BCUT2D eigenvalue weighted by Gasteiger charge is -2.15. The summed E-state index contributed by atoms with van der Waals surface area (Å²) in [5.41, 5.74) is -0.349. The lowest BCUT2D eigenvalue weighted by molar-refractivity contribution is -0.136. The highest BCUT2D eigenvalue weighted by molar-refractivity contribution is 5.93. The number of anilines is 2. The Morgan fingerprint density at radius 1 is 1.25 bits per heavy atom. The van der Waals surface area contributed by atoms with E-state index in [2.05, 4.69) is 15.6 Å². The van der Waals surface area contributed by atoms with Gasteiger partial charge in [-0.25, -0.2) is 0 Å². The largest absolute Gasteiger partial charge is 0.418 e. The molecule has 2 rings (SSSR count). The van der Waals surface area contributed by atoms with E-state index in [1.807, 2.05) is 13.8 Å². The molecule has 24 heavy (non-hydrogen) atoms. The van der Waals surface area contributed by atoms with Crippen molar-refractivity contribution in [1.29, 1.82) is 0 Å². The van der Waals surface area contributed by atoms with Crippen molar-refractivity contribution in [1.82, 2.24) is 10.3 Å². The molecule has 0 aliphatic heterocycles.